The number of fused-ring (bicyclic) bond motifs is 2. The number of pyridine rings is 1. The fraction of sp³-hybridized carbons (Fsp3) is 0.333. The van der Waals surface area contributed by atoms with E-state index >= 15 is 0 Å². The molecular formula is C24H27NO6. The number of ether oxygens (including phenoxy) is 3. The van der Waals surface area contributed by atoms with Crippen molar-refractivity contribution in [3.63, 3.8) is 0 Å². The molecule has 0 saturated carbocycles. The normalized spacial score (nSPS) is 14.0. The highest BCUT2D eigenvalue weighted by atomic mass is 16.5. The highest BCUT2D eigenvalue weighted by Crippen LogP contribution is 2.40. The van der Waals surface area contributed by atoms with Crippen LogP contribution >= 0.6 is 0 Å². The molecule has 7 nitrogen and oxygen atoms in total. The number of carboxylic acid groups (broad SMARTS) is 1. The van der Waals surface area contributed by atoms with Gasteiger partial charge in [-0.25, -0.2) is 4.79 Å². The molecule has 0 atom stereocenters. The quantitative estimate of drug-likeness (QED) is 0.648. The van der Waals surface area contributed by atoms with E-state index in [9.17, 15) is 9.59 Å². The van der Waals surface area contributed by atoms with E-state index in [1.54, 1.807) is 19.2 Å². The van der Waals surface area contributed by atoms with Crippen molar-refractivity contribution in [2.45, 2.75) is 39.2 Å². The summed E-state index contributed by atoms with van der Waals surface area (Å²) in [6.07, 6.45) is 1.62. The first kappa shape index (κ1) is 22.2. The number of rotatable bonds is 3. The average molecular weight is 425 g/mol. The monoisotopic (exact) mass is 425 g/mol. The van der Waals surface area contributed by atoms with Crippen molar-refractivity contribution >= 4 is 16.9 Å². The van der Waals surface area contributed by atoms with Crippen molar-refractivity contribution in [1.82, 2.24) is 4.98 Å². The Morgan fingerprint density at radius 3 is 2.55 bits per heavy atom. The van der Waals surface area contributed by atoms with E-state index in [0.29, 0.717) is 11.5 Å². The van der Waals surface area contributed by atoms with Crippen molar-refractivity contribution in [2.24, 2.45) is 0 Å². The molecule has 0 aliphatic carbocycles. The van der Waals surface area contributed by atoms with E-state index in [2.05, 4.69) is 4.98 Å². The Kier molecular flexibility index (Phi) is 6.24. The number of aromatic amines is 1. The first-order valence-electron chi connectivity index (χ1n) is 9.95. The molecule has 0 amide bonds. The third-order valence-corrected chi connectivity index (χ3v) is 5.28. The summed E-state index contributed by atoms with van der Waals surface area (Å²) in [5.74, 6) is 0.867. The first-order chi connectivity index (χ1) is 14.7. The van der Waals surface area contributed by atoms with Crippen LogP contribution in [0.3, 0.4) is 0 Å². The van der Waals surface area contributed by atoms with Crippen LogP contribution in [0, 0.1) is 6.92 Å². The van der Waals surface area contributed by atoms with Gasteiger partial charge in [-0.2, -0.15) is 0 Å². The van der Waals surface area contributed by atoms with Gasteiger partial charge < -0.3 is 24.3 Å². The lowest BCUT2D eigenvalue weighted by Crippen LogP contribution is -2.32. The smallest absolute Gasteiger partial charge is 0.339 e. The van der Waals surface area contributed by atoms with Crippen LogP contribution in [0.2, 0.25) is 0 Å². The Morgan fingerprint density at radius 1 is 1.16 bits per heavy atom. The number of aromatic carboxylic acids is 1. The Balaban J connectivity index is 0.000000179. The predicted molar refractivity (Wildman–Crippen MR) is 119 cm³/mol. The van der Waals surface area contributed by atoms with Gasteiger partial charge in [0.05, 0.1) is 19.7 Å². The maximum atomic E-state index is 11.3. The summed E-state index contributed by atoms with van der Waals surface area (Å²) in [5.41, 5.74) is 2.46. The number of para-hydroxylation sites is 1. The highest BCUT2D eigenvalue weighted by molar-refractivity contribution is 5.92. The van der Waals surface area contributed by atoms with E-state index in [-0.39, 0.29) is 16.7 Å². The standard InChI is InChI=1S/C13H16O4.C11H11NO2/c1-13(2)7-6-8-10(17-13)5-4-9(12(14)15)11(8)16-3;1-7-6-10(13)12-11-8(7)4-3-5-9(11)14-2/h4-5H,6-7H2,1-3H3,(H,14,15);3-6H,1-2H3,(H,12,13). The lowest BCUT2D eigenvalue weighted by atomic mass is 9.92. The number of nitrogens with one attached hydrogen (secondary N) is 1. The largest absolute Gasteiger partial charge is 0.495 e. The molecule has 2 N–H and O–H groups in total. The van der Waals surface area contributed by atoms with Gasteiger partial charge in [-0.05, 0) is 57.4 Å². The van der Waals surface area contributed by atoms with Crippen LogP contribution in [-0.2, 0) is 6.42 Å². The van der Waals surface area contributed by atoms with Crippen molar-refractivity contribution in [3.8, 4) is 17.2 Å². The fourth-order valence-corrected chi connectivity index (χ4v) is 3.71. The molecule has 0 saturated heterocycles. The fourth-order valence-electron chi connectivity index (χ4n) is 3.71. The molecule has 0 spiro atoms. The lowest BCUT2D eigenvalue weighted by molar-refractivity contribution is 0.0690. The number of aryl methyl sites for hydroxylation is 1. The zero-order valence-corrected chi connectivity index (χ0v) is 18.4. The van der Waals surface area contributed by atoms with E-state index in [1.165, 1.54) is 13.2 Å². The van der Waals surface area contributed by atoms with Gasteiger partial charge in [0.15, 0.2) is 0 Å². The van der Waals surface area contributed by atoms with Gasteiger partial charge in [0, 0.05) is 17.0 Å². The molecule has 0 fully saturated rings. The Bertz CT molecular complexity index is 1180. The lowest BCUT2D eigenvalue weighted by Gasteiger charge is -2.33. The molecule has 0 radical (unpaired) electrons. The van der Waals surface area contributed by atoms with Crippen LogP contribution in [0.4, 0.5) is 0 Å². The van der Waals surface area contributed by atoms with Crippen LogP contribution in [0.25, 0.3) is 10.9 Å². The molecular weight excluding hydrogens is 398 g/mol. The molecule has 1 aliphatic rings. The third-order valence-electron chi connectivity index (χ3n) is 5.28. The minimum absolute atomic E-state index is 0.0977. The van der Waals surface area contributed by atoms with Crippen LogP contribution < -0.4 is 19.8 Å². The highest BCUT2D eigenvalue weighted by Gasteiger charge is 2.30. The number of hydrogen-bond donors (Lipinski definition) is 2. The molecule has 2 heterocycles. The number of H-pyrrole nitrogens is 1. The minimum atomic E-state index is -0.977. The maximum Gasteiger partial charge on any atom is 0.339 e. The minimum Gasteiger partial charge on any atom is -0.495 e. The molecule has 4 rings (SSSR count). The topological polar surface area (TPSA) is 97.8 Å². The predicted octanol–water partition coefficient (Wildman–Crippen LogP) is 4.34. The molecule has 1 aromatic heterocycles. The number of benzene rings is 2. The van der Waals surface area contributed by atoms with E-state index in [0.717, 1.165) is 40.6 Å². The van der Waals surface area contributed by atoms with Gasteiger partial charge in [0.1, 0.15) is 28.4 Å². The van der Waals surface area contributed by atoms with Crippen molar-refractivity contribution in [2.75, 3.05) is 14.2 Å². The number of methoxy groups -OCH3 is 2. The van der Waals surface area contributed by atoms with Crippen molar-refractivity contribution in [3.05, 3.63) is 63.4 Å². The van der Waals surface area contributed by atoms with Crippen LogP contribution in [0.1, 0.15) is 41.8 Å². The first-order valence-corrected chi connectivity index (χ1v) is 9.95. The Hall–Kier alpha value is -3.48. The molecule has 31 heavy (non-hydrogen) atoms. The van der Waals surface area contributed by atoms with E-state index in [4.69, 9.17) is 19.3 Å². The van der Waals surface area contributed by atoms with Gasteiger partial charge in [-0.3, -0.25) is 4.79 Å². The van der Waals surface area contributed by atoms with Crippen molar-refractivity contribution < 1.29 is 24.1 Å². The SMILES string of the molecule is COc1c(C(=O)O)ccc2c1CCC(C)(C)O2.COc1cccc2c(C)cc(=O)[nH]c12. The molecule has 3 aromatic rings. The zero-order chi connectivity index (χ0) is 22.8. The average Bonchev–Trinajstić information content (AvgIpc) is 2.72. The summed E-state index contributed by atoms with van der Waals surface area (Å²) < 4.78 is 16.2. The molecule has 2 aromatic carbocycles. The number of carboxylic acids is 1. The summed E-state index contributed by atoms with van der Waals surface area (Å²) >= 11 is 0. The van der Waals surface area contributed by atoms with Gasteiger partial charge in [0.2, 0.25) is 5.56 Å². The second kappa shape index (κ2) is 8.71. The van der Waals surface area contributed by atoms with Crippen LogP contribution in [0.15, 0.2) is 41.2 Å². The summed E-state index contributed by atoms with van der Waals surface area (Å²) in [6, 6.07) is 10.5. The Labute approximate surface area is 180 Å². The molecule has 7 heteroatoms. The van der Waals surface area contributed by atoms with E-state index < -0.39 is 5.97 Å². The van der Waals surface area contributed by atoms with Gasteiger partial charge >= 0.3 is 5.97 Å². The van der Waals surface area contributed by atoms with Gasteiger partial charge in [0.25, 0.3) is 0 Å². The second-order valence-electron chi connectivity index (χ2n) is 7.99. The Morgan fingerprint density at radius 2 is 1.90 bits per heavy atom. The zero-order valence-electron chi connectivity index (χ0n) is 18.4. The van der Waals surface area contributed by atoms with Crippen LogP contribution in [-0.4, -0.2) is 35.9 Å². The van der Waals surface area contributed by atoms with E-state index in [1.807, 2.05) is 39.0 Å². The van der Waals surface area contributed by atoms with Gasteiger partial charge in [-0.15, -0.1) is 0 Å². The van der Waals surface area contributed by atoms with Gasteiger partial charge in [-0.1, -0.05) is 12.1 Å². The summed E-state index contributed by atoms with van der Waals surface area (Å²) in [7, 11) is 3.08. The number of aromatic nitrogens is 1. The van der Waals surface area contributed by atoms with Crippen molar-refractivity contribution in [1.29, 1.82) is 0 Å². The third kappa shape index (κ3) is 4.66. The maximum absolute atomic E-state index is 11.3. The number of hydrogen-bond acceptors (Lipinski definition) is 5. The second-order valence-corrected chi connectivity index (χ2v) is 7.99. The van der Waals surface area contributed by atoms with Crippen LogP contribution in [0.5, 0.6) is 17.2 Å². The molecule has 0 unspecified atom stereocenters. The molecule has 1 aliphatic heterocycles. The molecule has 164 valence electrons. The summed E-state index contributed by atoms with van der Waals surface area (Å²) in [6.45, 7) is 5.96. The number of carbonyl (C=O) groups is 1. The summed E-state index contributed by atoms with van der Waals surface area (Å²) in [4.78, 5) is 25.1. The summed E-state index contributed by atoms with van der Waals surface area (Å²) in [5, 5.41) is 10.1. The molecule has 0 bridgehead atoms.